The maximum atomic E-state index is 12.0. The summed E-state index contributed by atoms with van der Waals surface area (Å²) in [5, 5.41) is 5.41. The number of methoxy groups -OCH3 is 1. The van der Waals surface area contributed by atoms with Crippen LogP contribution in [0.1, 0.15) is 30.6 Å². The quantitative estimate of drug-likeness (QED) is 0.675. The van der Waals surface area contributed by atoms with Crippen LogP contribution in [-0.4, -0.2) is 31.5 Å². The molecule has 0 aliphatic rings. The van der Waals surface area contributed by atoms with E-state index in [1.807, 2.05) is 13.8 Å². The van der Waals surface area contributed by atoms with Gasteiger partial charge in [-0.15, -0.1) is 0 Å². The number of amides is 2. The minimum Gasteiger partial charge on any atom is -0.495 e. The van der Waals surface area contributed by atoms with Gasteiger partial charge in [0, 0.05) is 19.0 Å². The Morgan fingerprint density at radius 3 is 2.65 bits per heavy atom. The van der Waals surface area contributed by atoms with Gasteiger partial charge in [0.25, 0.3) is 5.91 Å². The van der Waals surface area contributed by atoms with Crippen LogP contribution in [0.2, 0.25) is 0 Å². The SMILES string of the molecule is COc1cccc(C(=O)NCCC(=O)NC(C)C)c1N. The molecule has 0 aromatic heterocycles. The summed E-state index contributed by atoms with van der Waals surface area (Å²) in [6, 6.07) is 5.08. The molecule has 0 radical (unpaired) electrons. The van der Waals surface area contributed by atoms with Crippen molar-refractivity contribution in [2.24, 2.45) is 0 Å². The number of para-hydroxylation sites is 1. The van der Waals surface area contributed by atoms with E-state index in [9.17, 15) is 9.59 Å². The van der Waals surface area contributed by atoms with Crippen LogP contribution in [-0.2, 0) is 4.79 Å². The molecule has 110 valence electrons. The number of nitrogen functional groups attached to an aromatic ring is 1. The van der Waals surface area contributed by atoms with E-state index in [1.165, 1.54) is 7.11 Å². The van der Waals surface area contributed by atoms with Crippen molar-refractivity contribution in [2.75, 3.05) is 19.4 Å². The van der Waals surface area contributed by atoms with Gasteiger partial charge in [0.1, 0.15) is 5.75 Å². The Balaban J connectivity index is 2.54. The third-order valence-electron chi connectivity index (χ3n) is 2.62. The number of anilines is 1. The van der Waals surface area contributed by atoms with Crippen LogP contribution in [0.3, 0.4) is 0 Å². The number of nitrogens with one attached hydrogen (secondary N) is 2. The van der Waals surface area contributed by atoms with Crippen LogP contribution in [0.15, 0.2) is 18.2 Å². The van der Waals surface area contributed by atoms with Crippen LogP contribution < -0.4 is 21.1 Å². The van der Waals surface area contributed by atoms with E-state index in [1.54, 1.807) is 18.2 Å². The fraction of sp³-hybridized carbons (Fsp3) is 0.429. The minimum absolute atomic E-state index is 0.0900. The monoisotopic (exact) mass is 279 g/mol. The number of hydrogen-bond acceptors (Lipinski definition) is 4. The molecule has 0 saturated carbocycles. The van der Waals surface area contributed by atoms with Crippen molar-refractivity contribution < 1.29 is 14.3 Å². The molecule has 0 bridgehead atoms. The lowest BCUT2D eigenvalue weighted by molar-refractivity contribution is -0.121. The molecule has 0 heterocycles. The van der Waals surface area contributed by atoms with Crippen molar-refractivity contribution in [3.8, 4) is 5.75 Å². The van der Waals surface area contributed by atoms with Crippen LogP contribution in [0.5, 0.6) is 5.75 Å². The lowest BCUT2D eigenvalue weighted by Crippen LogP contribution is -2.34. The summed E-state index contributed by atoms with van der Waals surface area (Å²) in [4.78, 5) is 23.4. The van der Waals surface area contributed by atoms with Gasteiger partial charge in [-0.2, -0.15) is 0 Å². The molecule has 6 nitrogen and oxygen atoms in total. The second-order valence-corrected chi connectivity index (χ2v) is 4.65. The Morgan fingerprint density at radius 1 is 1.35 bits per heavy atom. The smallest absolute Gasteiger partial charge is 0.253 e. The van der Waals surface area contributed by atoms with Gasteiger partial charge in [0.2, 0.25) is 5.91 Å². The molecule has 0 atom stereocenters. The van der Waals surface area contributed by atoms with E-state index in [2.05, 4.69) is 10.6 Å². The highest BCUT2D eigenvalue weighted by molar-refractivity contribution is 6.00. The van der Waals surface area contributed by atoms with Crippen molar-refractivity contribution in [2.45, 2.75) is 26.3 Å². The number of nitrogens with two attached hydrogens (primary N) is 1. The molecule has 6 heteroatoms. The van der Waals surface area contributed by atoms with Gasteiger partial charge in [0.05, 0.1) is 18.4 Å². The maximum absolute atomic E-state index is 12.0. The van der Waals surface area contributed by atoms with Crippen molar-refractivity contribution in [3.05, 3.63) is 23.8 Å². The Bertz CT molecular complexity index is 487. The van der Waals surface area contributed by atoms with Gasteiger partial charge in [-0.25, -0.2) is 0 Å². The molecule has 2 amide bonds. The van der Waals surface area contributed by atoms with Crippen LogP contribution in [0.4, 0.5) is 5.69 Å². The zero-order valence-corrected chi connectivity index (χ0v) is 12.0. The number of ether oxygens (including phenoxy) is 1. The highest BCUT2D eigenvalue weighted by Gasteiger charge is 2.13. The molecule has 0 aliphatic carbocycles. The van der Waals surface area contributed by atoms with Gasteiger partial charge >= 0.3 is 0 Å². The molecule has 0 saturated heterocycles. The Hall–Kier alpha value is -2.24. The summed E-state index contributed by atoms with van der Waals surface area (Å²) in [6.07, 6.45) is 0.230. The normalized spacial score (nSPS) is 10.2. The predicted molar refractivity (Wildman–Crippen MR) is 77.6 cm³/mol. The predicted octanol–water partition coefficient (Wildman–Crippen LogP) is 0.922. The van der Waals surface area contributed by atoms with Gasteiger partial charge in [-0.05, 0) is 26.0 Å². The maximum Gasteiger partial charge on any atom is 0.253 e. The Kier molecular flexibility index (Phi) is 5.83. The van der Waals surface area contributed by atoms with Crippen molar-refractivity contribution in [3.63, 3.8) is 0 Å². The van der Waals surface area contributed by atoms with Gasteiger partial charge in [0.15, 0.2) is 0 Å². The van der Waals surface area contributed by atoms with Crippen LogP contribution in [0, 0.1) is 0 Å². The summed E-state index contributed by atoms with van der Waals surface area (Å²) in [5.41, 5.74) is 6.46. The lowest BCUT2D eigenvalue weighted by atomic mass is 10.1. The first-order valence-electron chi connectivity index (χ1n) is 6.45. The van der Waals surface area contributed by atoms with E-state index in [4.69, 9.17) is 10.5 Å². The first-order chi connectivity index (χ1) is 9.45. The van der Waals surface area contributed by atoms with E-state index in [0.29, 0.717) is 17.0 Å². The molecule has 20 heavy (non-hydrogen) atoms. The fourth-order valence-corrected chi connectivity index (χ4v) is 1.70. The standard InChI is InChI=1S/C14H21N3O3/c1-9(2)17-12(18)7-8-16-14(19)10-5-4-6-11(20-3)13(10)15/h4-6,9H,7-8,15H2,1-3H3,(H,16,19)(H,17,18). The highest BCUT2D eigenvalue weighted by Crippen LogP contribution is 2.24. The molecule has 0 unspecified atom stereocenters. The summed E-state index contributed by atoms with van der Waals surface area (Å²) in [6.45, 7) is 4.02. The largest absolute Gasteiger partial charge is 0.495 e. The number of carbonyl (C=O) groups is 2. The molecule has 1 rings (SSSR count). The van der Waals surface area contributed by atoms with Crippen LogP contribution in [0.25, 0.3) is 0 Å². The first-order valence-corrected chi connectivity index (χ1v) is 6.45. The number of rotatable bonds is 6. The zero-order valence-electron chi connectivity index (χ0n) is 12.0. The molecule has 0 spiro atoms. The summed E-state index contributed by atoms with van der Waals surface area (Å²) < 4.78 is 5.05. The fourth-order valence-electron chi connectivity index (χ4n) is 1.70. The second kappa shape index (κ2) is 7.37. The average molecular weight is 279 g/mol. The highest BCUT2D eigenvalue weighted by atomic mass is 16.5. The van der Waals surface area contributed by atoms with Crippen molar-refractivity contribution in [1.82, 2.24) is 10.6 Å². The molecule has 1 aromatic rings. The number of benzene rings is 1. The molecule has 0 fully saturated rings. The van der Waals surface area contributed by atoms with E-state index < -0.39 is 0 Å². The van der Waals surface area contributed by atoms with Crippen molar-refractivity contribution in [1.29, 1.82) is 0 Å². The summed E-state index contributed by atoms with van der Waals surface area (Å²) >= 11 is 0. The van der Waals surface area contributed by atoms with Crippen molar-refractivity contribution >= 4 is 17.5 Å². The molecule has 1 aromatic carbocycles. The van der Waals surface area contributed by atoms with E-state index in [0.717, 1.165) is 0 Å². The lowest BCUT2D eigenvalue weighted by Gasteiger charge is -2.11. The number of hydrogen-bond donors (Lipinski definition) is 3. The molecular formula is C14H21N3O3. The Labute approximate surface area is 118 Å². The van der Waals surface area contributed by atoms with E-state index in [-0.39, 0.29) is 30.8 Å². The second-order valence-electron chi connectivity index (χ2n) is 4.65. The average Bonchev–Trinajstić information content (AvgIpc) is 2.37. The summed E-state index contributed by atoms with van der Waals surface area (Å²) in [7, 11) is 1.49. The molecule has 0 aliphatic heterocycles. The third-order valence-corrected chi connectivity index (χ3v) is 2.62. The summed E-state index contributed by atoms with van der Waals surface area (Å²) in [5.74, 6) is 0.0351. The van der Waals surface area contributed by atoms with Gasteiger partial charge in [-0.3, -0.25) is 9.59 Å². The topological polar surface area (TPSA) is 93.4 Å². The van der Waals surface area contributed by atoms with Crippen LogP contribution >= 0.6 is 0 Å². The zero-order chi connectivity index (χ0) is 15.1. The molecule has 4 N–H and O–H groups in total. The van der Waals surface area contributed by atoms with Gasteiger partial charge < -0.3 is 21.1 Å². The van der Waals surface area contributed by atoms with E-state index >= 15 is 0 Å². The van der Waals surface area contributed by atoms with Gasteiger partial charge in [-0.1, -0.05) is 6.07 Å². The molecular weight excluding hydrogens is 258 g/mol. The minimum atomic E-state index is -0.321. The third kappa shape index (κ3) is 4.46. The Morgan fingerprint density at radius 2 is 2.05 bits per heavy atom. The number of carbonyl (C=O) groups excluding carboxylic acids is 2. The first kappa shape index (κ1) is 15.8.